The van der Waals surface area contributed by atoms with E-state index in [9.17, 15) is 8.42 Å². The zero-order chi connectivity index (χ0) is 12.7. The van der Waals surface area contributed by atoms with Gasteiger partial charge < -0.3 is 4.74 Å². The molecule has 6 heteroatoms. The third kappa shape index (κ3) is 5.52. The van der Waals surface area contributed by atoms with Gasteiger partial charge in [-0.25, -0.2) is 8.42 Å². The second-order valence-corrected chi connectivity index (χ2v) is 5.85. The van der Waals surface area contributed by atoms with Gasteiger partial charge >= 0.3 is 0 Å². The van der Waals surface area contributed by atoms with E-state index in [1.807, 2.05) is 19.1 Å². The molecule has 0 aliphatic rings. The summed E-state index contributed by atoms with van der Waals surface area (Å²) in [5.74, 6) is -0.0284. The van der Waals surface area contributed by atoms with Crippen molar-refractivity contribution in [2.24, 2.45) is 0 Å². The summed E-state index contributed by atoms with van der Waals surface area (Å²) in [6.07, 6.45) is 0. The molecule has 0 saturated carbocycles. The van der Waals surface area contributed by atoms with Gasteiger partial charge in [0.25, 0.3) is 0 Å². The molecule has 0 saturated heterocycles. The van der Waals surface area contributed by atoms with Crippen molar-refractivity contribution in [2.45, 2.75) is 12.3 Å². The fourth-order valence-corrected chi connectivity index (χ4v) is 2.54. The second kappa shape index (κ2) is 6.98. The van der Waals surface area contributed by atoms with Gasteiger partial charge in [-0.15, -0.1) is 0 Å². The summed E-state index contributed by atoms with van der Waals surface area (Å²) in [4.78, 5) is 0. The minimum Gasteiger partial charge on any atom is -0.381 e. The Balaban J connectivity index is 2.62. The van der Waals surface area contributed by atoms with E-state index in [0.717, 1.165) is 5.56 Å². The van der Waals surface area contributed by atoms with Crippen LogP contribution in [0.1, 0.15) is 12.5 Å². The molecule has 0 aliphatic carbocycles. The van der Waals surface area contributed by atoms with Gasteiger partial charge in [0.2, 0.25) is 10.0 Å². The molecule has 0 heterocycles. The highest BCUT2D eigenvalue weighted by molar-refractivity contribution is 9.08. The number of nitrogens with one attached hydrogen (secondary N) is 1. The zero-order valence-electron chi connectivity index (χ0n) is 9.65. The van der Waals surface area contributed by atoms with E-state index in [2.05, 4.69) is 20.7 Å². The standard InChI is InChI=1S/C11H16BrNO3S/c1-2-16-6-7-17(14,15)13-11-5-3-4-10(8-11)9-12/h3-5,8,13H,2,6-7,9H2,1H3. The van der Waals surface area contributed by atoms with Gasteiger partial charge in [0.1, 0.15) is 0 Å². The van der Waals surface area contributed by atoms with E-state index in [1.165, 1.54) is 0 Å². The van der Waals surface area contributed by atoms with E-state index in [1.54, 1.807) is 12.1 Å². The third-order valence-corrected chi connectivity index (χ3v) is 3.95. The van der Waals surface area contributed by atoms with Crippen LogP contribution in [0, 0.1) is 0 Å². The summed E-state index contributed by atoms with van der Waals surface area (Å²) >= 11 is 3.33. The maximum Gasteiger partial charge on any atom is 0.234 e. The van der Waals surface area contributed by atoms with Crippen LogP contribution in [0.25, 0.3) is 0 Å². The van der Waals surface area contributed by atoms with Crippen molar-refractivity contribution >= 4 is 31.6 Å². The molecule has 0 amide bonds. The first-order valence-electron chi connectivity index (χ1n) is 5.30. The normalized spacial score (nSPS) is 11.4. The van der Waals surface area contributed by atoms with E-state index in [-0.39, 0.29) is 12.4 Å². The maximum absolute atomic E-state index is 11.7. The summed E-state index contributed by atoms with van der Waals surface area (Å²) in [5, 5.41) is 0.696. The Hall–Kier alpha value is -0.590. The van der Waals surface area contributed by atoms with E-state index < -0.39 is 10.0 Å². The molecular formula is C11H16BrNO3S. The Kier molecular flexibility index (Phi) is 5.94. The number of benzene rings is 1. The first-order valence-corrected chi connectivity index (χ1v) is 8.08. The molecule has 4 nitrogen and oxygen atoms in total. The third-order valence-electron chi connectivity index (χ3n) is 2.06. The average Bonchev–Trinajstić information content (AvgIpc) is 2.29. The lowest BCUT2D eigenvalue weighted by Crippen LogP contribution is -2.20. The van der Waals surface area contributed by atoms with Crippen molar-refractivity contribution < 1.29 is 13.2 Å². The van der Waals surface area contributed by atoms with Crippen molar-refractivity contribution in [3.8, 4) is 0 Å². The van der Waals surface area contributed by atoms with Gasteiger partial charge in [0, 0.05) is 17.6 Å². The van der Waals surface area contributed by atoms with E-state index >= 15 is 0 Å². The minimum absolute atomic E-state index is 0.0284. The number of hydrogen-bond donors (Lipinski definition) is 1. The van der Waals surface area contributed by atoms with Crippen molar-refractivity contribution in [1.29, 1.82) is 0 Å². The first kappa shape index (κ1) is 14.5. The molecule has 1 aromatic carbocycles. The molecule has 0 aromatic heterocycles. The van der Waals surface area contributed by atoms with Crippen LogP contribution in [0.2, 0.25) is 0 Å². The smallest absolute Gasteiger partial charge is 0.234 e. The van der Waals surface area contributed by atoms with Crippen molar-refractivity contribution in [1.82, 2.24) is 0 Å². The summed E-state index contributed by atoms with van der Waals surface area (Å²) in [6, 6.07) is 7.26. The van der Waals surface area contributed by atoms with Crippen LogP contribution in [-0.2, 0) is 20.1 Å². The van der Waals surface area contributed by atoms with Crippen LogP contribution < -0.4 is 4.72 Å². The zero-order valence-corrected chi connectivity index (χ0v) is 12.1. The SMILES string of the molecule is CCOCCS(=O)(=O)Nc1cccc(CBr)c1. The van der Waals surface area contributed by atoms with Gasteiger partial charge in [-0.05, 0) is 24.6 Å². The predicted octanol–water partition coefficient (Wildman–Crippen LogP) is 2.36. The number of hydrogen-bond acceptors (Lipinski definition) is 3. The maximum atomic E-state index is 11.7. The molecule has 0 spiro atoms. The summed E-state index contributed by atoms with van der Waals surface area (Å²) in [6.45, 7) is 2.57. The van der Waals surface area contributed by atoms with Crippen molar-refractivity contribution in [2.75, 3.05) is 23.7 Å². The second-order valence-electron chi connectivity index (χ2n) is 3.45. The lowest BCUT2D eigenvalue weighted by atomic mass is 10.2. The molecule has 0 radical (unpaired) electrons. The number of ether oxygens (including phenoxy) is 1. The fraction of sp³-hybridized carbons (Fsp3) is 0.455. The summed E-state index contributed by atoms with van der Waals surface area (Å²) in [7, 11) is -3.32. The van der Waals surface area contributed by atoms with Crippen LogP contribution in [0.15, 0.2) is 24.3 Å². The molecule has 0 atom stereocenters. The molecule has 1 aromatic rings. The molecule has 0 fully saturated rings. The number of alkyl halides is 1. The van der Waals surface area contributed by atoms with Crippen LogP contribution >= 0.6 is 15.9 Å². The van der Waals surface area contributed by atoms with Crippen LogP contribution in [0.3, 0.4) is 0 Å². The minimum atomic E-state index is -3.32. The topological polar surface area (TPSA) is 55.4 Å². The van der Waals surface area contributed by atoms with Crippen molar-refractivity contribution in [3.05, 3.63) is 29.8 Å². The first-order chi connectivity index (χ1) is 8.07. The van der Waals surface area contributed by atoms with Gasteiger partial charge in [-0.2, -0.15) is 0 Å². The average molecular weight is 322 g/mol. The van der Waals surface area contributed by atoms with Crippen LogP contribution in [0.5, 0.6) is 0 Å². The molecule has 0 bridgehead atoms. The Morgan fingerprint density at radius 1 is 1.41 bits per heavy atom. The molecule has 96 valence electrons. The Bertz CT molecular complexity index is 448. The van der Waals surface area contributed by atoms with Crippen molar-refractivity contribution in [3.63, 3.8) is 0 Å². The number of halogens is 1. The van der Waals surface area contributed by atoms with Gasteiger partial charge in [0.15, 0.2) is 0 Å². The monoisotopic (exact) mass is 321 g/mol. The highest BCUT2D eigenvalue weighted by Gasteiger charge is 2.10. The summed E-state index contributed by atoms with van der Waals surface area (Å²) in [5.41, 5.74) is 1.61. The molecule has 0 unspecified atom stereocenters. The number of rotatable bonds is 7. The molecule has 1 N–H and O–H groups in total. The molecular weight excluding hydrogens is 306 g/mol. The molecule has 1 rings (SSSR count). The quantitative estimate of drug-likeness (QED) is 0.619. The Labute approximate surface area is 111 Å². The number of sulfonamides is 1. The fourth-order valence-electron chi connectivity index (χ4n) is 1.26. The van der Waals surface area contributed by atoms with Gasteiger partial charge in [0.05, 0.1) is 12.4 Å². The van der Waals surface area contributed by atoms with Crippen LogP contribution in [0.4, 0.5) is 5.69 Å². The number of anilines is 1. The Morgan fingerprint density at radius 3 is 2.82 bits per heavy atom. The lowest BCUT2D eigenvalue weighted by molar-refractivity contribution is 0.163. The van der Waals surface area contributed by atoms with Crippen LogP contribution in [-0.4, -0.2) is 27.4 Å². The van der Waals surface area contributed by atoms with E-state index in [0.29, 0.717) is 17.6 Å². The van der Waals surface area contributed by atoms with E-state index in [4.69, 9.17) is 4.74 Å². The summed E-state index contributed by atoms with van der Waals surface area (Å²) < 4.78 is 30.9. The molecule has 17 heavy (non-hydrogen) atoms. The highest BCUT2D eigenvalue weighted by atomic mass is 79.9. The predicted molar refractivity (Wildman–Crippen MR) is 73.0 cm³/mol. The highest BCUT2D eigenvalue weighted by Crippen LogP contribution is 2.14. The largest absolute Gasteiger partial charge is 0.381 e. The van der Waals surface area contributed by atoms with Gasteiger partial charge in [-0.3, -0.25) is 4.72 Å². The lowest BCUT2D eigenvalue weighted by Gasteiger charge is -2.08. The van der Waals surface area contributed by atoms with Gasteiger partial charge in [-0.1, -0.05) is 28.1 Å². The molecule has 0 aliphatic heterocycles. The Morgan fingerprint density at radius 2 is 2.18 bits per heavy atom.